The van der Waals surface area contributed by atoms with Crippen LogP contribution in [0.1, 0.15) is 44.9 Å². The number of halogens is 1. The Bertz CT molecular complexity index is 308. The predicted octanol–water partition coefficient (Wildman–Crippen LogP) is 1.62. The topological polar surface area (TPSA) is 50.4 Å². The minimum Gasteiger partial charge on any atom is -0.373 e. The zero-order valence-corrected chi connectivity index (χ0v) is 12.2. The molecule has 3 rings (SSSR count). The summed E-state index contributed by atoms with van der Waals surface area (Å²) < 4.78 is 5.76. The molecule has 3 aliphatic rings. The van der Waals surface area contributed by atoms with Crippen LogP contribution in [0.5, 0.6) is 0 Å². The van der Waals surface area contributed by atoms with E-state index in [0.717, 1.165) is 38.3 Å². The van der Waals surface area contributed by atoms with Crippen LogP contribution in [0.15, 0.2) is 0 Å². The van der Waals surface area contributed by atoms with Crippen LogP contribution < -0.4 is 10.6 Å². The van der Waals surface area contributed by atoms with Gasteiger partial charge in [-0.1, -0.05) is 0 Å². The Morgan fingerprint density at radius 3 is 2.63 bits per heavy atom. The van der Waals surface area contributed by atoms with Crippen LogP contribution in [-0.2, 0) is 9.53 Å². The highest BCUT2D eigenvalue weighted by Gasteiger charge is 2.41. The largest absolute Gasteiger partial charge is 0.373 e. The van der Waals surface area contributed by atoms with Crippen molar-refractivity contribution in [1.29, 1.82) is 0 Å². The van der Waals surface area contributed by atoms with Crippen molar-refractivity contribution in [3.63, 3.8) is 0 Å². The number of hydrogen-bond donors (Lipinski definition) is 2. The highest BCUT2D eigenvalue weighted by Crippen LogP contribution is 2.34. The molecule has 1 amide bonds. The van der Waals surface area contributed by atoms with Gasteiger partial charge in [0.1, 0.15) is 0 Å². The van der Waals surface area contributed by atoms with Gasteiger partial charge in [0.25, 0.3) is 0 Å². The van der Waals surface area contributed by atoms with Gasteiger partial charge in [-0.25, -0.2) is 0 Å². The summed E-state index contributed by atoms with van der Waals surface area (Å²) in [7, 11) is 0. The Morgan fingerprint density at radius 2 is 2.00 bits per heavy atom. The molecule has 0 saturated carbocycles. The number of carbonyl (C=O) groups excluding carboxylic acids is 1. The van der Waals surface area contributed by atoms with Gasteiger partial charge in [0.05, 0.1) is 18.2 Å². The van der Waals surface area contributed by atoms with Gasteiger partial charge in [-0.05, 0) is 57.5 Å². The molecule has 3 saturated heterocycles. The Labute approximate surface area is 121 Å². The van der Waals surface area contributed by atoms with Crippen LogP contribution in [0, 0.1) is 5.92 Å². The molecule has 4 nitrogen and oxygen atoms in total. The quantitative estimate of drug-likeness (QED) is 0.827. The predicted molar refractivity (Wildman–Crippen MR) is 76.5 cm³/mol. The highest BCUT2D eigenvalue weighted by atomic mass is 35.5. The first-order valence-electron chi connectivity index (χ1n) is 7.47. The van der Waals surface area contributed by atoms with Crippen LogP contribution in [0.25, 0.3) is 0 Å². The lowest BCUT2D eigenvalue weighted by molar-refractivity contribution is -0.122. The van der Waals surface area contributed by atoms with Crippen LogP contribution in [-0.4, -0.2) is 37.2 Å². The third-order valence-corrected chi connectivity index (χ3v) is 4.69. The Balaban J connectivity index is 0.00000133. The Morgan fingerprint density at radius 1 is 1.21 bits per heavy atom. The van der Waals surface area contributed by atoms with E-state index in [9.17, 15) is 4.79 Å². The van der Waals surface area contributed by atoms with E-state index in [0.29, 0.717) is 24.7 Å². The smallest absolute Gasteiger partial charge is 0.220 e. The second-order valence-electron chi connectivity index (χ2n) is 6.02. The normalized spacial score (nSPS) is 34.0. The summed E-state index contributed by atoms with van der Waals surface area (Å²) in [4.78, 5) is 11.9. The minimum atomic E-state index is 0. The third kappa shape index (κ3) is 3.83. The van der Waals surface area contributed by atoms with Crippen molar-refractivity contribution in [2.75, 3.05) is 13.1 Å². The van der Waals surface area contributed by atoms with E-state index < -0.39 is 0 Å². The van der Waals surface area contributed by atoms with Gasteiger partial charge >= 0.3 is 0 Å². The molecule has 3 heterocycles. The van der Waals surface area contributed by atoms with Crippen LogP contribution >= 0.6 is 12.4 Å². The fraction of sp³-hybridized carbons (Fsp3) is 0.929. The maximum atomic E-state index is 11.9. The van der Waals surface area contributed by atoms with Crippen LogP contribution in [0.4, 0.5) is 0 Å². The maximum Gasteiger partial charge on any atom is 0.220 e. The number of ether oxygens (including phenoxy) is 1. The van der Waals surface area contributed by atoms with Crippen molar-refractivity contribution in [3.8, 4) is 0 Å². The monoisotopic (exact) mass is 288 g/mol. The molecule has 2 bridgehead atoms. The van der Waals surface area contributed by atoms with Crippen LogP contribution in [0.2, 0.25) is 0 Å². The zero-order chi connectivity index (χ0) is 12.4. The first-order chi connectivity index (χ1) is 8.81. The van der Waals surface area contributed by atoms with Crippen molar-refractivity contribution in [3.05, 3.63) is 0 Å². The van der Waals surface area contributed by atoms with Gasteiger partial charge in [0.2, 0.25) is 5.91 Å². The van der Waals surface area contributed by atoms with Crippen molar-refractivity contribution in [2.45, 2.75) is 63.2 Å². The molecule has 19 heavy (non-hydrogen) atoms. The number of piperidine rings is 1. The first-order valence-corrected chi connectivity index (χ1v) is 7.47. The molecule has 110 valence electrons. The SMILES string of the molecule is Cl.O=C(CCC1CCNCC1)NC1CC2CCC1O2. The summed E-state index contributed by atoms with van der Waals surface area (Å²) in [6.07, 6.45) is 8.27. The van der Waals surface area contributed by atoms with Gasteiger partial charge < -0.3 is 15.4 Å². The number of amides is 1. The molecule has 5 heteroatoms. The van der Waals surface area contributed by atoms with Gasteiger partial charge in [-0.3, -0.25) is 4.79 Å². The van der Waals surface area contributed by atoms with Gasteiger partial charge in [-0.15, -0.1) is 12.4 Å². The second kappa shape index (κ2) is 6.91. The van der Waals surface area contributed by atoms with Crippen LogP contribution in [0.3, 0.4) is 0 Å². The van der Waals surface area contributed by atoms with Crippen molar-refractivity contribution >= 4 is 18.3 Å². The summed E-state index contributed by atoms with van der Waals surface area (Å²) in [5.74, 6) is 0.975. The molecule has 0 aromatic rings. The number of hydrogen-bond acceptors (Lipinski definition) is 3. The summed E-state index contributed by atoms with van der Waals surface area (Å²) in [6.45, 7) is 2.24. The number of rotatable bonds is 4. The first kappa shape index (κ1) is 15.1. The van der Waals surface area contributed by atoms with E-state index in [1.807, 2.05) is 0 Å². The van der Waals surface area contributed by atoms with Crippen molar-refractivity contribution < 1.29 is 9.53 Å². The van der Waals surface area contributed by atoms with E-state index in [1.54, 1.807) is 0 Å². The molecule has 0 aliphatic carbocycles. The lowest BCUT2D eigenvalue weighted by atomic mass is 9.92. The molecule has 0 radical (unpaired) electrons. The highest BCUT2D eigenvalue weighted by molar-refractivity contribution is 5.85. The summed E-state index contributed by atoms with van der Waals surface area (Å²) in [6, 6.07) is 0.296. The average Bonchev–Trinajstić information content (AvgIpc) is 3.00. The standard InChI is InChI=1S/C14H24N2O2.ClH/c17-14(4-1-10-5-7-15-8-6-10)16-12-9-11-2-3-13(12)18-11;/h10-13,15H,1-9H2,(H,16,17);1H. The molecule has 0 aromatic carbocycles. The van der Waals surface area contributed by atoms with Crippen molar-refractivity contribution in [2.24, 2.45) is 5.92 Å². The van der Waals surface area contributed by atoms with Gasteiger partial charge in [-0.2, -0.15) is 0 Å². The van der Waals surface area contributed by atoms with Gasteiger partial charge in [0.15, 0.2) is 0 Å². The van der Waals surface area contributed by atoms with E-state index in [1.165, 1.54) is 19.3 Å². The molecule has 3 unspecified atom stereocenters. The van der Waals surface area contributed by atoms with Crippen molar-refractivity contribution in [1.82, 2.24) is 10.6 Å². The molecular formula is C14H25ClN2O2. The maximum absolute atomic E-state index is 11.9. The van der Waals surface area contributed by atoms with E-state index in [4.69, 9.17) is 4.74 Å². The number of carbonyl (C=O) groups is 1. The Kier molecular flexibility index (Phi) is 5.48. The lowest BCUT2D eigenvalue weighted by Crippen LogP contribution is -2.41. The molecule has 0 aromatic heterocycles. The number of fused-ring (bicyclic) bond motifs is 2. The molecule has 3 fully saturated rings. The summed E-state index contributed by atoms with van der Waals surface area (Å²) >= 11 is 0. The van der Waals surface area contributed by atoms with E-state index >= 15 is 0 Å². The number of nitrogens with one attached hydrogen (secondary N) is 2. The molecular weight excluding hydrogens is 264 g/mol. The molecule has 3 atom stereocenters. The summed E-state index contributed by atoms with van der Waals surface area (Å²) in [5, 5.41) is 6.53. The Hall–Kier alpha value is -0.320. The van der Waals surface area contributed by atoms with E-state index in [2.05, 4.69) is 10.6 Å². The third-order valence-electron chi connectivity index (χ3n) is 4.69. The fourth-order valence-electron chi connectivity index (χ4n) is 3.57. The average molecular weight is 289 g/mol. The fourth-order valence-corrected chi connectivity index (χ4v) is 3.57. The zero-order valence-electron chi connectivity index (χ0n) is 11.4. The summed E-state index contributed by atoms with van der Waals surface area (Å²) in [5.41, 5.74) is 0. The molecule has 2 N–H and O–H groups in total. The molecule has 0 spiro atoms. The lowest BCUT2D eigenvalue weighted by Gasteiger charge is -2.23. The molecule has 3 aliphatic heterocycles. The minimum absolute atomic E-state index is 0. The second-order valence-corrected chi connectivity index (χ2v) is 6.02. The van der Waals surface area contributed by atoms with E-state index in [-0.39, 0.29) is 18.3 Å². The van der Waals surface area contributed by atoms with Gasteiger partial charge in [0, 0.05) is 6.42 Å².